The van der Waals surface area contributed by atoms with Crippen LogP contribution in [0.3, 0.4) is 0 Å². The zero-order chi connectivity index (χ0) is 14.9. The first-order valence-electron chi connectivity index (χ1n) is 7.76. The molecule has 0 spiro atoms. The van der Waals surface area contributed by atoms with Gasteiger partial charge in [-0.2, -0.15) is 10.1 Å². The number of carbonyl (C=O) groups is 1. The van der Waals surface area contributed by atoms with Crippen LogP contribution < -0.4 is 0 Å². The van der Waals surface area contributed by atoms with E-state index in [0.717, 1.165) is 38.1 Å². The van der Waals surface area contributed by atoms with E-state index in [9.17, 15) is 4.79 Å². The molecule has 1 saturated carbocycles. The highest BCUT2D eigenvalue weighted by atomic mass is 16.5. The van der Waals surface area contributed by atoms with Crippen molar-refractivity contribution in [2.45, 2.75) is 50.6 Å². The number of nitrogens with zero attached hydrogens (tertiary/aromatic N) is 6. The normalized spacial score (nSPS) is 21.5. The van der Waals surface area contributed by atoms with E-state index in [1.54, 1.807) is 11.0 Å². The Bertz CT molecular complexity index is 648. The third-order valence-electron chi connectivity index (χ3n) is 4.28. The lowest BCUT2D eigenvalue weighted by molar-refractivity contribution is -0.132. The van der Waals surface area contributed by atoms with Gasteiger partial charge in [-0.25, -0.2) is 4.98 Å². The monoisotopic (exact) mass is 302 g/mol. The molecule has 0 aromatic carbocycles. The van der Waals surface area contributed by atoms with Crippen LogP contribution >= 0.6 is 0 Å². The molecule has 8 heteroatoms. The maximum absolute atomic E-state index is 12.5. The summed E-state index contributed by atoms with van der Waals surface area (Å²) in [5, 5.41) is 8.11. The molecule has 1 atom stereocenters. The predicted molar refractivity (Wildman–Crippen MR) is 74.6 cm³/mol. The van der Waals surface area contributed by atoms with Gasteiger partial charge in [-0.05, 0) is 25.7 Å². The van der Waals surface area contributed by atoms with Crippen LogP contribution in [0, 0.1) is 0 Å². The molecule has 1 aliphatic heterocycles. The summed E-state index contributed by atoms with van der Waals surface area (Å²) in [6.07, 6.45) is 7.65. The molecule has 2 aliphatic rings. The van der Waals surface area contributed by atoms with Crippen molar-refractivity contribution in [1.82, 2.24) is 29.8 Å². The number of amides is 1. The molecule has 4 rings (SSSR count). The molecular formula is C14H18N6O2. The summed E-state index contributed by atoms with van der Waals surface area (Å²) in [5.41, 5.74) is 0. The van der Waals surface area contributed by atoms with Crippen molar-refractivity contribution in [3.8, 4) is 0 Å². The lowest BCUT2D eigenvalue weighted by atomic mass is 10.2. The van der Waals surface area contributed by atoms with E-state index >= 15 is 0 Å². The molecule has 2 aromatic rings. The van der Waals surface area contributed by atoms with Crippen LogP contribution in [0.2, 0.25) is 0 Å². The number of carbonyl (C=O) groups excluding carboxylic acids is 1. The second-order valence-corrected chi connectivity index (χ2v) is 5.92. The first-order valence-corrected chi connectivity index (χ1v) is 7.76. The molecule has 8 nitrogen and oxygen atoms in total. The molecule has 0 radical (unpaired) electrons. The van der Waals surface area contributed by atoms with Crippen molar-refractivity contribution in [1.29, 1.82) is 0 Å². The zero-order valence-corrected chi connectivity index (χ0v) is 12.3. The third kappa shape index (κ3) is 2.60. The summed E-state index contributed by atoms with van der Waals surface area (Å²) in [4.78, 5) is 22.7. The highest BCUT2D eigenvalue weighted by Crippen LogP contribution is 2.40. The van der Waals surface area contributed by atoms with E-state index in [2.05, 4.69) is 20.2 Å². The fourth-order valence-corrected chi connectivity index (χ4v) is 2.91. The van der Waals surface area contributed by atoms with Gasteiger partial charge in [-0.15, -0.1) is 0 Å². The highest BCUT2D eigenvalue weighted by molar-refractivity contribution is 5.76. The Balaban J connectivity index is 1.42. The van der Waals surface area contributed by atoms with E-state index in [4.69, 9.17) is 4.52 Å². The molecule has 0 N–H and O–H groups in total. The minimum Gasteiger partial charge on any atom is -0.339 e. The summed E-state index contributed by atoms with van der Waals surface area (Å²) in [6.45, 7) is 1.30. The number of likely N-dealkylation sites (tertiary alicyclic amines) is 1. The number of hydrogen-bond acceptors (Lipinski definition) is 6. The Morgan fingerprint density at radius 2 is 2.27 bits per heavy atom. The SMILES string of the molecule is O=C(CCn1cncn1)N1CCC[C@H]1c1noc(C2CC2)n1. The number of aromatic nitrogens is 5. The Hall–Kier alpha value is -2.25. The third-order valence-corrected chi connectivity index (χ3v) is 4.28. The van der Waals surface area contributed by atoms with Crippen LogP contribution in [0.1, 0.15) is 55.8 Å². The van der Waals surface area contributed by atoms with Gasteiger partial charge >= 0.3 is 0 Å². The van der Waals surface area contributed by atoms with Gasteiger partial charge in [-0.3, -0.25) is 9.48 Å². The van der Waals surface area contributed by atoms with Crippen LogP contribution in [-0.2, 0) is 11.3 Å². The molecule has 1 saturated heterocycles. The van der Waals surface area contributed by atoms with Gasteiger partial charge in [0.2, 0.25) is 11.8 Å². The summed E-state index contributed by atoms with van der Waals surface area (Å²) >= 11 is 0. The highest BCUT2D eigenvalue weighted by Gasteiger charge is 2.35. The van der Waals surface area contributed by atoms with Crippen molar-refractivity contribution < 1.29 is 9.32 Å². The minimum atomic E-state index is -0.0421. The van der Waals surface area contributed by atoms with Gasteiger partial charge in [-0.1, -0.05) is 5.16 Å². The maximum atomic E-state index is 12.5. The summed E-state index contributed by atoms with van der Waals surface area (Å²) in [6, 6.07) is -0.0421. The van der Waals surface area contributed by atoms with Gasteiger partial charge in [0.1, 0.15) is 12.7 Å². The van der Waals surface area contributed by atoms with Crippen LogP contribution in [0.4, 0.5) is 0 Å². The van der Waals surface area contributed by atoms with Gasteiger partial charge in [0, 0.05) is 18.9 Å². The lowest BCUT2D eigenvalue weighted by Gasteiger charge is -2.22. The molecule has 3 heterocycles. The van der Waals surface area contributed by atoms with Crippen molar-refractivity contribution in [2.75, 3.05) is 6.54 Å². The van der Waals surface area contributed by atoms with Crippen molar-refractivity contribution in [2.24, 2.45) is 0 Å². The standard InChI is InChI=1S/C14H18N6O2/c21-12(5-7-19-9-15-8-16-19)20-6-1-2-11(20)13-17-14(22-18-13)10-3-4-10/h8-11H,1-7H2/t11-/m0/s1. The van der Waals surface area contributed by atoms with E-state index < -0.39 is 0 Å². The molecule has 116 valence electrons. The van der Waals surface area contributed by atoms with Crippen molar-refractivity contribution >= 4 is 5.91 Å². The van der Waals surface area contributed by atoms with E-state index in [1.807, 2.05) is 4.90 Å². The molecule has 1 amide bonds. The molecule has 22 heavy (non-hydrogen) atoms. The zero-order valence-electron chi connectivity index (χ0n) is 12.3. The van der Waals surface area contributed by atoms with Crippen LogP contribution in [0.25, 0.3) is 0 Å². The number of aryl methyl sites for hydroxylation is 1. The maximum Gasteiger partial charge on any atom is 0.229 e. The van der Waals surface area contributed by atoms with Crippen LogP contribution in [0.5, 0.6) is 0 Å². The quantitative estimate of drug-likeness (QED) is 0.826. The molecular weight excluding hydrogens is 284 g/mol. The van der Waals surface area contributed by atoms with Crippen molar-refractivity contribution in [3.63, 3.8) is 0 Å². The van der Waals surface area contributed by atoms with Crippen LogP contribution in [0.15, 0.2) is 17.2 Å². The van der Waals surface area contributed by atoms with E-state index in [1.165, 1.54) is 6.33 Å². The topological polar surface area (TPSA) is 89.9 Å². The molecule has 0 bridgehead atoms. The second-order valence-electron chi connectivity index (χ2n) is 5.92. The molecule has 1 aliphatic carbocycles. The van der Waals surface area contributed by atoms with Gasteiger partial charge in [0.25, 0.3) is 0 Å². The van der Waals surface area contributed by atoms with Gasteiger partial charge in [0.05, 0.1) is 12.6 Å². The average Bonchev–Trinajstić information content (AvgIpc) is 3.02. The Morgan fingerprint density at radius 1 is 1.36 bits per heavy atom. The smallest absolute Gasteiger partial charge is 0.229 e. The van der Waals surface area contributed by atoms with E-state index in [-0.39, 0.29) is 11.9 Å². The summed E-state index contributed by atoms with van der Waals surface area (Å²) in [7, 11) is 0. The fraction of sp³-hybridized carbons (Fsp3) is 0.643. The average molecular weight is 302 g/mol. The largest absolute Gasteiger partial charge is 0.339 e. The summed E-state index contributed by atoms with van der Waals surface area (Å²) in [5.74, 6) is 1.94. The van der Waals surface area contributed by atoms with Gasteiger partial charge < -0.3 is 9.42 Å². The number of hydrogen-bond donors (Lipinski definition) is 0. The Labute approximate surface area is 127 Å². The minimum absolute atomic E-state index is 0.0421. The predicted octanol–water partition coefficient (Wildman–Crippen LogP) is 1.29. The molecule has 2 fully saturated rings. The first-order chi connectivity index (χ1) is 10.8. The molecule has 0 unspecified atom stereocenters. The number of rotatable bonds is 5. The Morgan fingerprint density at radius 3 is 3.05 bits per heavy atom. The second kappa shape index (κ2) is 5.51. The van der Waals surface area contributed by atoms with Crippen molar-refractivity contribution in [3.05, 3.63) is 24.4 Å². The van der Waals surface area contributed by atoms with Crippen LogP contribution in [-0.4, -0.2) is 42.3 Å². The van der Waals surface area contributed by atoms with Gasteiger partial charge in [0.15, 0.2) is 5.82 Å². The Kier molecular flexibility index (Phi) is 3.36. The molecule has 2 aromatic heterocycles. The first kappa shape index (κ1) is 13.4. The fourth-order valence-electron chi connectivity index (χ4n) is 2.91. The lowest BCUT2D eigenvalue weighted by Crippen LogP contribution is -2.31. The summed E-state index contributed by atoms with van der Waals surface area (Å²) < 4.78 is 7.00. The van der Waals surface area contributed by atoms with E-state index in [0.29, 0.717) is 24.7 Å².